The summed E-state index contributed by atoms with van der Waals surface area (Å²) in [6.45, 7) is 4.35. The molecule has 0 saturated heterocycles. The van der Waals surface area contributed by atoms with Crippen LogP contribution in [0.5, 0.6) is 5.75 Å². The molecule has 2 heteroatoms. The summed E-state index contributed by atoms with van der Waals surface area (Å²) in [4.78, 5) is 2.12. The first-order valence-corrected chi connectivity index (χ1v) is 5.17. The third-order valence-corrected chi connectivity index (χ3v) is 2.63. The Morgan fingerprint density at radius 1 is 1.36 bits per heavy atom. The van der Waals surface area contributed by atoms with Gasteiger partial charge in [-0.1, -0.05) is 25.5 Å². The van der Waals surface area contributed by atoms with E-state index in [9.17, 15) is 5.11 Å². The molecule has 0 radical (unpaired) electrons. The van der Waals surface area contributed by atoms with Crippen LogP contribution >= 0.6 is 0 Å². The summed E-state index contributed by atoms with van der Waals surface area (Å²) < 4.78 is 0. The number of aromatic hydroxyl groups is 1. The van der Waals surface area contributed by atoms with Gasteiger partial charge in [0.25, 0.3) is 0 Å². The highest BCUT2D eigenvalue weighted by Gasteiger charge is 2.11. The van der Waals surface area contributed by atoms with Gasteiger partial charge in [-0.05, 0) is 25.5 Å². The lowest BCUT2D eigenvalue weighted by Gasteiger charge is -2.27. The van der Waals surface area contributed by atoms with Crippen LogP contribution in [0.4, 0.5) is 5.69 Å². The maximum atomic E-state index is 9.66. The number of phenolic OH excluding ortho intramolecular Hbond substituents is 1. The van der Waals surface area contributed by atoms with Gasteiger partial charge in [0.05, 0.1) is 5.69 Å². The Morgan fingerprint density at radius 2 is 2.00 bits per heavy atom. The lowest BCUT2D eigenvalue weighted by atomic mass is 10.1. The van der Waals surface area contributed by atoms with Crippen LogP contribution in [0.2, 0.25) is 0 Å². The summed E-state index contributed by atoms with van der Waals surface area (Å²) in [5.74, 6) is 0.359. The SMILES string of the molecule is CCCC(C)N(C)c1ccccc1O. The molecule has 14 heavy (non-hydrogen) atoms. The Morgan fingerprint density at radius 3 is 2.57 bits per heavy atom. The van der Waals surface area contributed by atoms with Crippen LogP contribution in [-0.4, -0.2) is 18.2 Å². The molecule has 0 fully saturated rings. The maximum absolute atomic E-state index is 9.66. The molecule has 0 aromatic heterocycles. The normalized spacial score (nSPS) is 12.5. The minimum absolute atomic E-state index is 0.359. The average Bonchev–Trinajstić information content (AvgIpc) is 2.18. The molecule has 0 spiro atoms. The van der Waals surface area contributed by atoms with Gasteiger partial charge in [-0.3, -0.25) is 0 Å². The van der Waals surface area contributed by atoms with Crippen molar-refractivity contribution in [1.29, 1.82) is 0 Å². The van der Waals surface area contributed by atoms with Crippen LogP contribution in [0.3, 0.4) is 0 Å². The molecular formula is C12H19NO. The second-order valence-electron chi connectivity index (χ2n) is 3.74. The van der Waals surface area contributed by atoms with Crippen LogP contribution in [-0.2, 0) is 0 Å². The van der Waals surface area contributed by atoms with Crippen molar-refractivity contribution in [3.8, 4) is 5.75 Å². The number of phenols is 1. The summed E-state index contributed by atoms with van der Waals surface area (Å²) >= 11 is 0. The van der Waals surface area contributed by atoms with Crippen molar-refractivity contribution in [2.75, 3.05) is 11.9 Å². The highest BCUT2D eigenvalue weighted by atomic mass is 16.3. The quantitative estimate of drug-likeness (QED) is 0.794. The summed E-state index contributed by atoms with van der Waals surface area (Å²) in [5.41, 5.74) is 0.911. The number of hydrogen-bond donors (Lipinski definition) is 1. The third kappa shape index (κ3) is 2.41. The first-order chi connectivity index (χ1) is 6.66. The van der Waals surface area contributed by atoms with E-state index in [1.54, 1.807) is 6.07 Å². The number of para-hydroxylation sites is 2. The summed E-state index contributed by atoms with van der Waals surface area (Å²) in [7, 11) is 2.02. The Labute approximate surface area is 86.2 Å². The fraction of sp³-hybridized carbons (Fsp3) is 0.500. The molecule has 0 saturated carbocycles. The van der Waals surface area contributed by atoms with E-state index < -0.39 is 0 Å². The van der Waals surface area contributed by atoms with Crippen LogP contribution < -0.4 is 4.90 Å². The van der Waals surface area contributed by atoms with Crippen LogP contribution in [0.25, 0.3) is 0 Å². The molecule has 78 valence electrons. The van der Waals surface area contributed by atoms with Crippen molar-refractivity contribution in [3.63, 3.8) is 0 Å². The van der Waals surface area contributed by atoms with Crippen molar-refractivity contribution in [2.45, 2.75) is 32.7 Å². The summed E-state index contributed by atoms with van der Waals surface area (Å²) in [6, 6.07) is 7.93. The molecule has 2 nitrogen and oxygen atoms in total. The van der Waals surface area contributed by atoms with Crippen molar-refractivity contribution < 1.29 is 5.11 Å². The van der Waals surface area contributed by atoms with Crippen molar-refractivity contribution >= 4 is 5.69 Å². The fourth-order valence-corrected chi connectivity index (χ4v) is 1.61. The van der Waals surface area contributed by atoms with E-state index in [4.69, 9.17) is 0 Å². The Hall–Kier alpha value is -1.18. The van der Waals surface area contributed by atoms with Crippen molar-refractivity contribution in [1.82, 2.24) is 0 Å². The number of benzene rings is 1. The van der Waals surface area contributed by atoms with E-state index in [-0.39, 0.29) is 0 Å². The van der Waals surface area contributed by atoms with E-state index >= 15 is 0 Å². The molecule has 1 rings (SSSR count). The molecule has 1 aromatic rings. The van der Waals surface area contributed by atoms with Gasteiger partial charge in [-0.15, -0.1) is 0 Å². The minimum atomic E-state index is 0.359. The third-order valence-electron chi connectivity index (χ3n) is 2.63. The fourth-order valence-electron chi connectivity index (χ4n) is 1.61. The highest BCUT2D eigenvalue weighted by molar-refractivity contribution is 5.57. The zero-order valence-corrected chi connectivity index (χ0v) is 9.20. The topological polar surface area (TPSA) is 23.5 Å². The molecule has 1 N–H and O–H groups in total. The minimum Gasteiger partial charge on any atom is -0.506 e. The average molecular weight is 193 g/mol. The zero-order chi connectivity index (χ0) is 10.6. The van der Waals surface area contributed by atoms with Gasteiger partial charge in [0.15, 0.2) is 0 Å². The van der Waals surface area contributed by atoms with E-state index in [1.165, 1.54) is 6.42 Å². The first kappa shape index (κ1) is 10.9. The van der Waals surface area contributed by atoms with Crippen LogP contribution in [0.1, 0.15) is 26.7 Å². The Balaban J connectivity index is 2.78. The van der Waals surface area contributed by atoms with E-state index in [0.29, 0.717) is 11.8 Å². The van der Waals surface area contributed by atoms with Crippen molar-refractivity contribution in [2.24, 2.45) is 0 Å². The standard InChI is InChI=1S/C12H19NO/c1-4-7-10(2)13(3)11-8-5-6-9-12(11)14/h5-6,8-10,14H,4,7H2,1-3H3. The second-order valence-corrected chi connectivity index (χ2v) is 3.74. The molecule has 0 aliphatic heterocycles. The van der Waals surface area contributed by atoms with Gasteiger partial charge in [0.2, 0.25) is 0 Å². The smallest absolute Gasteiger partial charge is 0.138 e. The monoisotopic (exact) mass is 193 g/mol. The van der Waals surface area contributed by atoms with Gasteiger partial charge in [0.1, 0.15) is 5.75 Å². The van der Waals surface area contributed by atoms with E-state index in [0.717, 1.165) is 12.1 Å². The van der Waals surface area contributed by atoms with Gasteiger partial charge in [-0.25, -0.2) is 0 Å². The van der Waals surface area contributed by atoms with Gasteiger partial charge >= 0.3 is 0 Å². The van der Waals surface area contributed by atoms with E-state index in [2.05, 4.69) is 18.7 Å². The van der Waals surface area contributed by atoms with E-state index in [1.807, 2.05) is 25.2 Å². The number of hydrogen-bond acceptors (Lipinski definition) is 2. The number of anilines is 1. The molecule has 1 aromatic carbocycles. The van der Waals surface area contributed by atoms with Crippen molar-refractivity contribution in [3.05, 3.63) is 24.3 Å². The predicted octanol–water partition coefficient (Wildman–Crippen LogP) is 3.02. The number of rotatable bonds is 4. The molecular weight excluding hydrogens is 174 g/mol. The Bertz CT molecular complexity index is 285. The zero-order valence-electron chi connectivity index (χ0n) is 9.20. The van der Waals surface area contributed by atoms with Gasteiger partial charge in [0, 0.05) is 13.1 Å². The molecule has 0 bridgehead atoms. The molecule has 0 heterocycles. The van der Waals surface area contributed by atoms with Crippen LogP contribution in [0, 0.1) is 0 Å². The molecule has 1 unspecified atom stereocenters. The first-order valence-electron chi connectivity index (χ1n) is 5.17. The summed E-state index contributed by atoms with van der Waals surface area (Å²) in [6.07, 6.45) is 2.31. The predicted molar refractivity (Wildman–Crippen MR) is 60.9 cm³/mol. The van der Waals surface area contributed by atoms with Crippen LogP contribution in [0.15, 0.2) is 24.3 Å². The summed E-state index contributed by atoms with van der Waals surface area (Å²) in [5, 5.41) is 9.66. The molecule has 0 amide bonds. The maximum Gasteiger partial charge on any atom is 0.138 e. The largest absolute Gasteiger partial charge is 0.506 e. The lowest BCUT2D eigenvalue weighted by Crippen LogP contribution is -2.28. The lowest BCUT2D eigenvalue weighted by molar-refractivity contribution is 0.471. The van der Waals surface area contributed by atoms with Gasteiger partial charge in [-0.2, -0.15) is 0 Å². The molecule has 0 aliphatic carbocycles. The second kappa shape index (κ2) is 4.89. The van der Waals surface area contributed by atoms with Gasteiger partial charge < -0.3 is 10.0 Å². The Kier molecular flexibility index (Phi) is 3.81. The molecule has 1 atom stereocenters. The number of nitrogens with zero attached hydrogens (tertiary/aromatic N) is 1. The molecule has 0 aliphatic rings. The highest BCUT2D eigenvalue weighted by Crippen LogP contribution is 2.27.